The second-order valence-corrected chi connectivity index (χ2v) is 5.18. The minimum absolute atomic E-state index is 0.274. The zero-order valence-electron chi connectivity index (χ0n) is 11.1. The highest BCUT2D eigenvalue weighted by molar-refractivity contribution is 5.23. The van der Waals surface area contributed by atoms with E-state index in [0.29, 0.717) is 12.4 Å². The van der Waals surface area contributed by atoms with Gasteiger partial charge < -0.3 is 9.64 Å². The first-order chi connectivity index (χ1) is 8.75. The molecule has 0 amide bonds. The molecular formula is C15H22FNO. The molecule has 0 aromatic heterocycles. The maximum Gasteiger partial charge on any atom is 0.165 e. The van der Waals surface area contributed by atoms with E-state index in [0.717, 1.165) is 18.9 Å². The number of nitrogens with zero attached hydrogens (tertiary/aromatic N) is 1. The first-order valence-corrected chi connectivity index (χ1v) is 6.85. The van der Waals surface area contributed by atoms with Gasteiger partial charge in [0.15, 0.2) is 11.6 Å². The van der Waals surface area contributed by atoms with Crippen molar-refractivity contribution >= 4 is 0 Å². The van der Waals surface area contributed by atoms with Crippen LogP contribution in [-0.2, 0) is 0 Å². The van der Waals surface area contributed by atoms with E-state index in [-0.39, 0.29) is 5.82 Å². The van der Waals surface area contributed by atoms with Crippen LogP contribution in [0.25, 0.3) is 0 Å². The summed E-state index contributed by atoms with van der Waals surface area (Å²) in [5, 5.41) is 0. The second-order valence-electron chi connectivity index (χ2n) is 5.18. The molecule has 2 rings (SSSR count). The van der Waals surface area contributed by atoms with Crippen LogP contribution in [0.15, 0.2) is 24.3 Å². The Labute approximate surface area is 109 Å². The molecule has 100 valence electrons. The summed E-state index contributed by atoms with van der Waals surface area (Å²) in [5.74, 6) is 0.903. The second kappa shape index (κ2) is 6.74. The van der Waals surface area contributed by atoms with Crippen LogP contribution >= 0.6 is 0 Å². The predicted octanol–water partition coefficient (Wildman–Crippen LogP) is 3.33. The predicted molar refractivity (Wildman–Crippen MR) is 71.4 cm³/mol. The Morgan fingerprint density at radius 2 is 2.22 bits per heavy atom. The molecule has 3 heteroatoms. The first-order valence-electron chi connectivity index (χ1n) is 6.85. The van der Waals surface area contributed by atoms with Gasteiger partial charge in [-0.15, -0.1) is 0 Å². The van der Waals surface area contributed by atoms with Gasteiger partial charge in [-0.25, -0.2) is 4.39 Å². The minimum Gasteiger partial charge on any atom is -0.490 e. The number of benzene rings is 1. The lowest BCUT2D eigenvalue weighted by molar-refractivity contribution is 0.169. The van der Waals surface area contributed by atoms with Gasteiger partial charge in [-0.05, 0) is 43.9 Å². The fraction of sp³-hybridized carbons (Fsp3) is 0.600. The zero-order chi connectivity index (χ0) is 12.8. The highest BCUT2D eigenvalue weighted by Gasteiger charge is 2.15. The number of piperidine rings is 1. The number of hydrogen-bond acceptors (Lipinski definition) is 2. The Morgan fingerprint density at radius 3 is 3.00 bits per heavy atom. The van der Waals surface area contributed by atoms with E-state index in [2.05, 4.69) is 11.8 Å². The number of rotatable bonds is 5. The molecule has 1 aromatic rings. The monoisotopic (exact) mass is 251 g/mol. The summed E-state index contributed by atoms with van der Waals surface area (Å²) in [5.41, 5.74) is 0. The minimum atomic E-state index is -0.274. The molecule has 1 saturated heterocycles. The largest absolute Gasteiger partial charge is 0.490 e. The molecule has 0 unspecified atom stereocenters. The molecule has 18 heavy (non-hydrogen) atoms. The van der Waals surface area contributed by atoms with Gasteiger partial charge in [-0.3, -0.25) is 0 Å². The molecule has 1 aromatic carbocycles. The van der Waals surface area contributed by atoms with Crippen molar-refractivity contribution in [3.05, 3.63) is 30.1 Å². The van der Waals surface area contributed by atoms with Crippen LogP contribution in [0.1, 0.15) is 26.2 Å². The van der Waals surface area contributed by atoms with Gasteiger partial charge in [0.2, 0.25) is 0 Å². The van der Waals surface area contributed by atoms with Gasteiger partial charge in [-0.2, -0.15) is 0 Å². The maximum absolute atomic E-state index is 13.3. The first kappa shape index (κ1) is 13.3. The van der Waals surface area contributed by atoms with Gasteiger partial charge in [0.05, 0.1) is 6.61 Å². The van der Waals surface area contributed by atoms with E-state index in [1.165, 1.54) is 32.0 Å². The van der Waals surface area contributed by atoms with Crippen molar-refractivity contribution in [1.29, 1.82) is 0 Å². The fourth-order valence-corrected chi connectivity index (χ4v) is 2.52. The van der Waals surface area contributed by atoms with Crippen molar-refractivity contribution in [1.82, 2.24) is 4.90 Å². The summed E-state index contributed by atoms with van der Waals surface area (Å²) in [4.78, 5) is 2.48. The van der Waals surface area contributed by atoms with Gasteiger partial charge in [0, 0.05) is 13.1 Å². The van der Waals surface area contributed by atoms with E-state index >= 15 is 0 Å². The lowest BCUT2D eigenvalue weighted by Crippen LogP contribution is -2.35. The molecule has 0 saturated carbocycles. The molecular weight excluding hydrogens is 229 g/mol. The van der Waals surface area contributed by atoms with E-state index in [1.807, 2.05) is 0 Å². The van der Waals surface area contributed by atoms with Gasteiger partial charge in [0.25, 0.3) is 0 Å². The molecule has 1 fully saturated rings. The molecule has 0 aliphatic carbocycles. The Balaban J connectivity index is 1.65. The van der Waals surface area contributed by atoms with Crippen LogP contribution in [-0.4, -0.2) is 31.1 Å². The highest BCUT2D eigenvalue weighted by atomic mass is 19.1. The Hall–Kier alpha value is -1.09. The van der Waals surface area contributed by atoms with Crippen LogP contribution in [0, 0.1) is 11.7 Å². The van der Waals surface area contributed by atoms with Crippen molar-refractivity contribution in [3.8, 4) is 5.75 Å². The summed E-state index contributed by atoms with van der Waals surface area (Å²) in [6, 6.07) is 6.59. The third-order valence-electron chi connectivity index (χ3n) is 3.45. The van der Waals surface area contributed by atoms with Crippen molar-refractivity contribution < 1.29 is 9.13 Å². The van der Waals surface area contributed by atoms with Crippen molar-refractivity contribution in [2.24, 2.45) is 5.92 Å². The maximum atomic E-state index is 13.3. The molecule has 1 aliphatic rings. The van der Waals surface area contributed by atoms with E-state index < -0.39 is 0 Å². The van der Waals surface area contributed by atoms with E-state index in [1.54, 1.807) is 18.2 Å². The van der Waals surface area contributed by atoms with Crippen LogP contribution in [0.4, 0.5) is 4.39 Å². The average molecular weight is 251 g/mol. The molecule has 0 N–H and O–H groups in total. The number of ether oxygens (including phenoxy) is 1. The smallest absolute Gasteiger partial charge is 0.165 e. The lowest BCUT2D eigenvalue weighted by Gasteiger charge is -2.30. The topological polar surface area (TPSA) is 12.5 Å². The highest BCUT2D eigenvalue weighted by Crippen LogP contribution is 2.17. The Morgan fingerprint density at radius 1 is 1.39 bits per heavy atom. The number of hydrogen-bond donors (Lipinski definition) is 0. The summed E-state index contributed by atoms with van der Waals surface area (Å²) in [6.07, 6.45) is 3.61. The number of likely N-dealkylation sites (tertiary alicyclic amines) is 1. The summed E-state index contributed by atoms with van der Waals surface area (Å²) >= 11 is 0. The third kappa shape index (κ3) is 3.98. The number of para-hydroxylation sites is 1. The van der Waals surface area contributed by atoms with Crippen LogP contribution in [0.2, 0.25) is 0 Å². The quantitative estimate of drug-likeness (QED) is 0.744. The third-order valence-corrected chi connectivity index (χ3v) is 3.45. The van der Waals surface area contributed by atoms with Gasteiger partial charge in [0.1, 0.15) is 0 Å². The summed E-state index contributed by atoms with van der Waals surface area (Å²) < 4.78 is 18.7. The normalized spacial score (nSPS) is 20.9. The molecule has 1 atom stereocenters. The molecule has 0 spiro atoms. The van der Waals surface area contributed by atoms with Crippen LogP contribution in [0.5, 0.6) is 5.75 Å². The molecule has 0 radical (unpaired) electrons. The van der Waals surface area contributed by atoms with Crippen molar-refractivity contribution in [2.45, 2.75) is 26.2 Å². The molecule has 1 heterocycles. The van der Waals surface area contributed by atoms with Gasteiger partial charge in [-0.1, -0.05) is 19.1 Å². The Kier molecular flexibility index (Phi) is 5.00. The van der Waals surface area contributed by atoms with Crippen molar-refractivity contribution in [3.63, 3.8) is 0 Å². The van der Waals surface area contributed by atoms with E-state index in [4.69, 9.17) is 4.74 Å². The van der Waals surface area contributed by atoms with Gasteiger partial charge >= 0.3 is 0 Å². The lowest BCUT2D eigenvalue weighted by atomic mass is 10.0. The zero-order valence-corrected chi connectivity index (χ0v) is 11.1. The molecule has 0 bridgehead atoms. The molecule has 1 aliphatic heterocycles. The van der Waals surface area contributed by atoms with Crippen molar-refractivity contribution in [2.75, 3.05) is 26.2 Å². The van der Waals surface area contributed by atoms with E-state index in [9.17, 15) is 4.39 Å². The van der Waals surface area contributed by atoms with Crippen LogP contribution < -0.4 is 4.74 Å². The number of halogens is 1. The molecule has 2 nitrogen and oxygen atoms in total. The average Bonchev–Trinajstić information content (AvgIpc) is 2.37. The SMILES string of the molecule is C[C@H]1CCCN(CCCOc2ccccc2F)C1. The van der Waals surface area contributed by atoms with Crippen LogP contribution in [0.3, 0.4) is 0 Å². The summed E-state index contributed by atoms with van der Waals surface area (Å²) in [7, 11) is 0. The Bertz CT molecular complexity index is 369. The fourth-order valence-electron chi connectivity index (χ4n) is 2.52. The standard InChI is InChI=1S/C15H22FNO/c1-13-6-4-9-17(12-13)10-5-11-18-15-8-3-2-7-14(15)16/h2-3,7-8,13H,4-6,9-12H2,1H3/t13-/m0/s1. The summed E-state index contributed by atoms with van der Waals surface area (Å²) in [6.45, 7) is 6.34.